The van der Waals surface area contributed by atoms with Gasteiger partial charge in [0.15, 0.2) is 0 Å². The molecule has 2 heterocycles. The minimum atomic E-state index is -3.66. The standard InChI is InChI=1S/C20H18N4O2S/c1-14-4-8-17(9-5-14)27(25,26)23-18-12-16(7-6-15(18)2)19-13-24-11-3-10-21-20(24)22-19/h3-13,23H,1-2H3. The Morgan fingerprint density at radius 1 is 1.04 bits per heavy atom. The number of anilines is 1. The normalized spacial score (nSPS) is 11.6. The summed E-state index contributed by atoms with van der Waals surface area (Å²) in [6.45, 7) is 3.78. The number of imidazole rings is 1. The third-order valence-corrected chi connectivity index (χ3v) is 5.73. The first-order valence-electron chi connectivity index (χ1n) is 8.43. The number of sulfonamides is 1. The Hall–Kier alpha value is -3.19. The van der Waals surface area contributed by atoms with Crippen molar-refractivity contribution in [3.63, 3.8) is 0 Å². The lowest BCUT2D eigenvalue weighted by Gasteiger charge is -2.12. The quantitative estimate of drug-likeness (QED) is 0.586. The first-order chi connectivity index (χ1) is 12.9. The van der Waals surface area contributed by atoms with E-state index in [4.69, 9.17) is 0 Å². The van der Waals surface area contributed by atoms with E-state index in [2.05, 4.69) is 14.7 Å². The lowest BCUT2D eigenvalue weighted by atomic mass is 10.1. The highest BCUT2D eigenvalue weighted by Gasteiger charge is 2.16. The molecule has 0 unspecified atom stereocenters. The minimum absolute atomic E-state index is 0.231. The molecule has 0 aliphatic carbocycles. The van der Waals surface area contributed by atoms with Gasteiger partial charge in [0, 0.05) is 24.2 Å². The van der Waals surface area contributed by atoms with Crippen molar-refractivity contribution in [1.29, 1.82) is 0 Å². The Balaban J connectivity index is 1.71. The van der Waals surface area contributed by atoms with Crippen molar-refractivity contribution < 1.29 is 8.42 Å². The lowest BCUT2D eigenvalue weighted by Crippen LogP contribution is -2.13. The van der Waals surface area contributed by atoms with Gasteiger partial charge < -0.3 is 0 Å². The number of aromatic nitrogens is 3. The number of nitrogens with zero attached hydrogens (tertiary/aromatic N) is 3. The van der Waals surface area contributed by atoms with Crippen molar-refractivity contribution in [2.75, 3.05) is 4.72 Å². The molecule has 0 amide bonds. The number of aryl methyl sites for hydroxylation is 2. The van der Waals surface area contributed by atoms with Crippen LogP contribution >= 0.6 is 0 Å². The zero-order chi connectivity index (χ0) is 19.0. The maximum atomic E-state index is 12.7. The Labute approximate surface area is 157 Å². The summed E-state index contributed by atoms with van der Waals surface area (Å²) in [5.41, 5.74) is 3.90. The summed E-state index contributed by atoms with van der Waals surface area (Å²) in [4.78, 5) is 8.94. The highest BCUT2D eigenvalue weighted by Crippen LogP contribution is 2.27. The van der Waals surface area contributed by atoms with Crippen molar-refractivity contribution in [1.82, 2.24) is 14.4 Å². The number of nitrogens with one attached hydrogen (secondary N) is 1. The fraction of sp³-hybridized carbons (Fsp3) is 0.100. The molecule has 0 spiro atoms. The van der Waals surface area contributed by atoms with Crippen LogP contribution in [0.3, 0.4) is 0 Å². The summed E-state index contributed by atoms with van der Waals surface area (Å²) in [6.07, 6.45) is 5.42. The summed E-state index contributed by atoms with van der Waals surface area (Å²) in [6, 6.07) is 14.2. The van der Waals surface area contributed by atoms with Crippen LogP contribution in [-0.4, -0.2) is 22.8 Å². The molecular weight excluding hydrogens is 360 g/mol. The molecule has 0 radical (unpaired) electrons. The van der Waals surface area contributed by atoms with Crippen LogP contribution in [0.5, 0.6) is 0 Å². The molecule has 0 atom stereocenters. The molecule has 7 heteroatoms. The molecule has 2 aromatic heterocycles. The summed E-state index contributed by atoms with van der Waals surface area (Å²) in [5, 5.41) is 0. The monoisotopic (exact) mass is 378 g/mol. The van der Waals surface area contributed by atoms with Crippen LogP contribution in [0.15, 0.2) is 72.0 Å². The maximum absolute atomic E-state index is 12.7. The average Bonchev–Trinajstić information content (AvgIpc) is 3.08. The number of rotatable bonds is 4. The SMILES string of the molecule is Cc1ccc(S(=O)(=O)Nc2cc(-c3cn4cccnc4n3)ccc2C)cc1. The van der Waals surface area contributed by atoms with Crippen molar-refractivity contribution >= 4 is 21.5 Å². The van der Waals surface area contributed by atoms with Gasteiger partial charge in [-0.15, -0.1) is 0 Å². The van der Waals surface area contributed by atoms with E-state index in [1.807, 2.05) is 48.8 Å². The van der Waals surface area contributed by atoms with Crippen molar-refractivity contribution in [2.45, 2.75) is 18.7 Å². The second-order valence-electron chi connectivity index (χ2n) is 6.40. The molecule has 0 aliphatic heterocycles. The van der Waals surface area contributed by atoms with Crippen molar-refractivity contribution in [3.05, 3.63) is 78.2 Å². The van der Waals surface area contributed by atoms with Gasteiger partial charge in [-0.1, -0.05) is 29.8 Å². The van der Waals surface area contributed by atoms with Crippen LogP contribution < -0.4 is 4.72 Å². The minimum Gasteiger partial charge on any atom is -0.291 e. The molecule has 2 aromatic carbocycles. The second-order valence-corrected chi connectivity index (χ2v) is 8.08. The first kappa shape index (κ1) is 17.2. The third-order valence-electron chi connectivity index (χ3n) is 4.34. The molecule has 1 N–H and O–H groups in total. The molecule has 0 saturated carbocycles. The largest absolute Gasteiger partial charge is 0.291 e. The zero-order valence-electron chi connectivity index (χ0n) is 14.9. The fourth-order valence-corrected chi connectivity index (χ4v) is 3.90. The van der Waals surface area contributed by atoms with E-state index in [0.717, 1.165) is 22.4 Å². The van der Waals surface area contributed by atoms with Crippen molar-refractivity contribution in [2.24, 2.45) is 0 Å². The van der Waals surface area contributed by atoms with E-state index in [9.17, 15) is 8.42 Å². The van der Waals surface area contributed by atoms with E-state index in [1.165, 1.54) is 0 Å². The molecular formula is C20H18N4O2S. The molecule has 0 aliphatic rings. The topological polar surface area (TPSA) is 76.4 Å². The number of hydrogen-bond acceptors (Lipinski definition) is 4. The van der Waals surface area contributed by atoms with Gasteiger partial charge in [0.1, 0.15) is 0 Å². The van der Waals surface area contributed by atoms with E-state index in [-0.39, 0.29) is 4.90 Å². The van der Waals surface area contributed by atoms with Crippen LogP contribution in [0.2, 0.25) is 0 Å². The smallest absolute Gasteiger partial charge is 0.261 e. The average molecular weight is 378 g/mol. The molecule has 0 saturated heterocycles. The summed E-state index contributed by atoms with van der Waals surface area (Å²) in [5.74, 6) is 0.592. The maximum Gasteiger partial charge on any atom is 0.261 e. The predicted molar refractivity (Wildman–Crippen MR) is 105 cm³/mol. The molecule has 6 nitrogen and oxygen atoms in total. The zero-order valence-corrected chi connectivity index (χ0v) is 15.7. The van der Waals surface area contributed by atoms with Gasteiger partial charge in [-0.05, 0) is 43.7 Å². The Morgan fingerprint density at radius 3 is 2.56 bits per heavy atom. The van der Waals surface area contributed by atoms with Crippen LogP contribution in [0, 0.1) is 13.8 Å². The number of fused-ring (bicyclic) bond motifs is 1. The summed E-state index contributed by atoms with van der Waals surface area (Å²) < 4.78 is 29.9. The van der Waals surface area contributed by atoms with E-state index in [0.29, 0.717) is 11.5 Å². The summed E-state index contributed by atoms with van der Waals surface area (Å²) >= 11 is 0. The van der Waals surface area contributed by atoms with Gasteiger partial charge in [-0.25, -0.2) is 18.4 Å². The van der Waals surface area contributed by atoms with Gasteiger partial charge in [0.05, 0.1) is 16.3 Å². The van der Waals surface area contributed by atoms with E-state index in [1.54, 1.807) is 36.5 Å². The van der Waals surface area contributed by atoms with Gasteiger partial charge in [-0.2, -0.15) is 0 Å². The van der Waals surface area contributed by atoms with Gasteiger partial charge >= 0.3 is 0 Å². The molecule has 4 rings (SSSR count). The molecule has 27 heavy (non-hydrogen) atoms. The van der Waals surface area contributed by atoms with Gasteiger partial charge in [-0.3, -0.25) is 9.12 Å². The Kier molecular flexibility index (Phi) is 4.16. The van der Waals surface area contributed by atoms with Crippen LogP contribution in [0.1, 0.15) is 11.1 Å². The first-order valence-corrected chi connectivity index (χ1v) is 9.91. The van der Waals surface area contributed by atoms with Gasteiger partial charge in [0.2, 0.25) is 5.78 Å². The molecule has 4 aromatic rings. The molecule has 136 valence electrons. The predicted octanol–water partition coefficient (Wildman–Crippen LogP) is 3.81. The second kappa shape index (κ2) is 6.51. The van der Waals surface area contributed by atoms with E-state index >= 15 is 0 Å². The Bertz CT molecular complexity index is 1200. The van der Waals surface area contributed by atoms with Crippen molar-refractivity contribution in [3.8, 4) is 11.3 Å². The fourth-order valence-electron chi connectivity index (χ4n) is 2.78. The van der Waals surface area contributed by atoms with Crippen LogP contribution in [0.4, 0.5) is 5.69 Å². The van der Waals surface area contributed by atoms with Gasteiger partial charge in [0.25, 0.3) is 10.0 Å². The highest BCUT2D eigenvalue weighted by atomic mass is 32.2. The number of hydrogen-bond donors (Lipinski definition) is 1. The highest BCUT2D eigenvalue weighted by molar-refractivity contribution is 7.92. The third kappa shape index (κ3) is 3.41. The molecule has 0 bridgehead atoms. The van der Waals surface area contributed by atoms with Crippen LogP contribution in [0.25, 0.3) is 17.0 Å². The van der Waals surface area contributed by atoms with E-state index < -0.39 is 10.0 Å². The Morgan fingerprint density at radius 2 is 1.81 bits per heavy atom. The van der Waals surface area contributed by atoms with Crippen LogP contribution in [-0.2, 0) is 10.0 Å². The molecule has 0 fully saturated rings. The lowest BCUT2D eigenvalue weighted by molar-refractivity contribution is 0.601. The summed E-state index contributed by atoms with van der Waals surface area (Å²) in [7, 11) is -3.66. The number of benzene rings is 2.